The number of aryl methyl sites for hydroxylation is 1. The summed E-state index contributed by atoms with van der Waals surface area (Å²) in [6, 6.07) is 4.52. The summed E-state index contributed by atoms with van der Waals surface area (Å²) in [5, 5.41) is 10.8. The highest BCUT2D eigenvalue weighted by molar-refractivity contribution is 5.81. The van der Waals surface area contributed by atoms with Gasteiger partial charge in [0.25, 0.3) is 0 Å². The van der Waals surface area contributed by atoms with Crippen molar-refractivity contribution in [2.45, 2.75) is 38.2 Å². The second-order valence-corrected chi connectivity index (χ2v) is 5.41. The molecule has 3 nitrogen and oxygen atoms in total. The summed E-state index contributed by atoms with van der Waals surface area (Å²) >= 11 is 0. The lowest BCUT2D eigenvalue weighted by Gasteiger charge is -2.35. The van der Waals surface area contributed by atoms with Crippen LogP contribution in [-0.2, 0) is 16.0 Å². The van der Waals surface area contributed by atoms with Crippen molar-refractivity contribution in [1.29, 1.82) is 0 Å². The Balaban J connectivity index is 2.45. The molecule has 0 saturated heterocycles. The maximum Gasteiger partial charge on any atom is 0.338 e. The van der Waals surface area contributed by atoms with Crippen molar-refractivity contribution in [2.24, 2.45) is 5.92 Å². The predicted molar refractivity (Wildman–Crippen MR) is 69.3 cm³/mol. The molecule has 0 radical (unpaired) electrons. The van der Waals surface area contributed by atoms with E-state index in [2.05, 4.69) is 0 Å². The number of methoxy groups -OCH3 is 1. The molecular weight excluding hydrogens is 247 g/mol. The number of carbonyl (C=O) groups is 1. The van der Waals surface area contributed by atoms with E-state index in [9.17, 15) is 14.3 Å². The van der Waals surface area contributed by atoms with Gasteiger partial charge in [0.2, 0.25) is 0 Å². The summed E-state index contributed by atoms with van der Waals surface area (Å²) in [7, 11) is 1.27. The molecule has 1 aromatic rings. The third-order valence-electron chi connectivity index (χ3n) is 4.11. The van der Waals surface area contributed by atoms with Crippen LogP contribution in [0.25, 0.3) is 0 Å². The average Bonchev–Trinajstić information content (AvgIpc) is 2.79. The van der Waals surface area contributed by atoms with E-state index in [1.165, 1.54) is 19.2 Å². The molecule has 0 fully saturated rings. The molecule has 0 aliphatic heterocycles. The number of esters is 1. The highest BCUT2D eigenvalue weighted by Crippen LogP contribution is 2.44. The summed E-state index contributed by atoms with van der Waals surface area (Å²) in [4.78, 5) is 12.0. The largest absolute Gasteiger partial charge is 0.467 e. The van der Waals surface area contributed by atoms with Crippen molar-refractivity contribution >= 4 is 5.97 Å². The molecule has 2 unspecified atom stereocenters. The second-order valence-electron chi connectivity index (χ2n) is 5.41. The molecule has 1 aliphatic rings. The van der Waals surface area contributed by atoms with Gasteiger partial charge in [-0.25, -0.2) is 9.18 Å². The van der Waals surface area contributed by atoms with Gasteiger partial charge in [-0.15, -0.1) is 0 Å². The Morgan fingerprint density at radius 1 is 1.53 bits per heavy atom. The van der Waals surface area contributed by atoms with Crippen LogP contribution in [-0.4, -0.2) is 23.8 Å². The maximum atomic E-state index is 13.2. The maximum absolute atomic E-state index is 13.2. The lowest BCUT2D eigenvalue weighted by atomic mass is 9.75. The van der Waals surface area contributed by atoms with E-state index in [1.807, 2.05) is 0 Å². The van der Waals surface area contributed by atoms with Crippen LogP contribution < -0.4 is 0 Å². The third kappa shape index (κ3) is 2.14. The molecule has 2 atom stereocenters. The summed E-state index contributed by atoms with van der Waals surface area (Å²) in [5.74, 6) is -1.52. The minimum atomic E-state index is -1.56. The van der Waals surface area contributed by atoms with Gasteiger partial charge >= 0.3 is 5.97 Å². The molecule has 1 N–H and O–H groups in total. The fourth-order valence-electron chi connectivity index (χ4n) is 2.99. The van der Waals surface area contributed by atoms with Crippen LogP contribution in [0.5, 0.6) is 0 Å². The first-order chi connectivity index (χ1) is 8.91. The quantitative estimate of drug-likeness (QED) is 0.855. The minimum Gasteiger partial charge on any atom is -0.467 e. The highest BCUT2D eigenvalue weighted by Gasteiger charge is 2.50. The van der Waals surface area contributed by atoms with Crippen molar-refractivity contribution < 1.29 is 19.0 Å². The smallest absolute Gasteiger partial charge is 0.338 e. The lowest BCUT2D eigenvalue weighted by Crippen LogP contribution is -2.49. The Morgan fingerprint density at radius 3 is 2.79 bits per heavy atom. The van der Waals surface area contributed by atoms with E-state index in [1.54, 1.807) is 19.9 Å². The van der Waals surface area contributed by atoms with Gasteiger partial charge in [-0.2, -0.15) is 0 Å². The van der Waals surface area contributed by atoms with Gasteiger partial charge in [0.05, 0.1) is 7.11 Å². The Morgan fingerprint density at radius 2 is 2.21 bits per heavy atom. The zero-order valence-corrected chi connectivity index (χ0v) is 11.4. The number of benzene rings is 1. The molecule has 19 heavy (non-hydrogen) atoms. The normalized spacial score (nSPS) is 21.1. The number of aliphatic hydroxyl groups is 1. The molecule has 104 valence electrons. The van der Waals surface area contributed by atoms with E-state index in [0.717, 1.165) is 11.1 Å². The molecule has 0 bridgehead atoms. The molecular formula is C15H19FO3. The van der Waals surface area contributed by atoms with Gasteiger partial charge in [-0.1, -0.05) is 19.9 Å². The van der Waals surface area contributed by atoms with Crippen LogP contribution in [0.15, 0.2) is 18.2 Å². The van der Waals surface area contributed by atoms with Crippen LogP contribution in [0, 0.1) is 11.7 Å². The van der Waals surface area contributed by atoms with Crippen molar-refractivity contribution in [3.05, 3.63) is 35.1 Å². The molecule has 1 aliphatic carbocycles. The molecule has 0 amide bonds. The van der Waals surface area contributed by atoms with Gasteiger partial charge in [-0.05, 0) is 42.0 Å². The van der Waals surface area contributed by atoms with E-state index in [4.69, 9.17) is 4.74 Å². The Hall–Kier alpha value is -1.42. The van der Waals surface area contributed by atoms with Crippen LogP contribution in [0.2, 0.25) is 0 Å². The third-order valence-corrected chi connectivity index (χ3v) is 4.11. The first-order valence-electron chi connectivity index (χ1n) is 6.50. The Labute approximate surface area is 112 Å². The zero-order chi connectivity index (χ0) is 14.2. The van der Waals surface area contributed by atoms with Crippen LogP contribution in [0.4, 0.5) is 4.39 Å². The number of hydrogen-bond donors (Lipinski definition) is 1. The molecule has 4 heteroatoms. The molecule has 0 aromatic heterocycles. The van der Waals surface area contributed by atoms with Gasteiger partial charge in [-0.3, -0.25) is 0 Å². The fraction of sp³-hybridized carbons (Fsp3) is 0.533. The summed E-state index contributed by atoms with van der Waals surface area (Å²) < 4.78 is 18.0. The number of ether oxygens (including phenoxy) is 1. The van der Waals surface area contributed by atoms with Crippen LogP contribution in [0.1, 0.15) is 37.3 Å². The number of carbonyl (C=O) groups excluding carboxylic acids is 1. The summed E-state index contributed by atoms with van der Waals surface area (Å²) in [5.41, 5.74) is 0.161. The van der Waals surface area contributed by atoms with Crippen LogP contribution >= 0.6 is 0 Å². The van der Waals surface area contributed by atoms with Crippen molar-refractivity contribution in [1.82, 2.24) is 0 Å². The van der Waals surface area contributed by atoms with Crippen LogP contribution in [0.3, 0.4) is 0 Å². The minimum absolute atomic E-state index is 0.277. The summed E-state index contributed by atoms with van der Waals surface area (Å²) in [6.45, 7) is 3.58. The molecule has 2 rings (SSSR count). The van der Waals surface area contributed by atoms with Gasteiger partial charge in [0.1, 0.15) is 5.82 Å². The van der Waals surface area contributed by atoms with E-state index >= 15 is 0 Å². The second kappa shape index (κ2) is 4.93. The molecule has 0 spiro atoms. The lowest BCUT2D eigenvalue weighted by molar-refractivity contribution is -0.170. The topological polar surface area (TPSA) is 46.5 Å². The SMILES string of the molecule is COC(=O)C(O)(C(C)C)C1CCc2cc(F)ccc21. The van der Waals surface area contributed by atoms with Gasteiger partial charge < -0.3 is 9.84 Å². The first-order valence-corrected chi connectivity index (χ1v) is 6.50. The standard InChI is InChI=1S/C15H19FO3/c1-9(2)15(18,14(17)19-3)13-7-4-10-8-11(16)5-6-12(10)13/h5-6,8-9,13,18H,4,7H2,1-3H3. The Bertz CT molecular complexity index is 498. The highest BCUT2D eigenvalue weighted by atomic mass is 19.1. The van der Waals surface area contributed by atoms with Gasteiger partial charge in [0, 0.05) is 5.92 Å². The van der Waals surface area contributed by atoms with E-state index in [-0.39, 0.29) is 17.7 Å². The summed E-state index contributed by atoms with van der Waals surface area (Å²) in [6.07, 6.45) is 1.30. The monoisotopic (exact) mass is 266 g/mol. The molecule has 0 saturated carbocycles. The average molecular weight is 266 g/mol. The Kier molecular flexibility index (Phi) is 3.63. The zero-order valence-electron chi connectivity index (χ0n) is 11.4. The molecule has 1 aromatic carbocycles. The fourth-order valence-corrected chi connectivity index (χ4v) is 2.99. The van der Waals surface area contributed by atoms with E-state index in [0.29, 0.717) is 12.8 Å². The predicted octanol–water partition coefficient (Wildman–Crippen LogP) is 2.42. The molecule has 0 heterocycles. The van der Waals surface area contributed by atoms with Gasteiger partial charge in [0.15, 0.2) is 5.60 Å². The van der Waals surface area contributed by atoms with Crippen molar-refractivity contribution in [3.8, 4) is 0 Å². The van der Waals surface area contributed by atoms with E-state index < -0.39 is 11.6 Å². The number of rotatable bonds is 3. The number of hydrogen-bond acceptors (Lipinski definition) is 3. The van der Waals surface area contributed by atoms with Crippen molar-refractivity contribution in [3.63, 3.8) is 0 Å². The number of halogens is 1. The van der Waals surface area contributed by atoms with Crippen molar-refractivity contribution in [2.75, 3.05) is 7.11 Å². The first kappa shape index (κ1) is 14.0. The number of fused-ring (bicyclic) bond motifs is 1.